The van der Waals surface area contributed by atoms with Crippen LogP contribution in [-0.2, 0) is 13.5 Å². The lowest BCUT2D eigenvalue weighted by atomic mass is 10.0. The summed E-state index contributed by atoms with van der Waals surface area (Å²) >= 11 is 5.22. The van der Waals surface area contributed by atoms with E-state index < -0.39 is 0 Å². The molecule has 0 spiro atoms. The first-order valence-electron chi connectivity index (χ1n) is 5.97. The van der Waals surface area contributed by atoms with Crippen LogP contribution < -0.4 is 5.73 Å². The van der Waals surface area contributed by atoms with Crippen LogP contribution in [-0.4, -0.2) is 9.78 Å². The average molecular weight is 328 g/mol. The summed E-state index contributed by atoms with van der Waals surface area (Å²) in [5, 5.41) is 8.64. The number of halogens is 1. The first-order valence-corrected chi connectivity index (χ1v) is 7.70. The third-order valence-electron chi connectivity index (χ3n) is 3.41. The van der Waals surface area contributed by atoms with Crippen LogP contribution in [0.15, 0.2) is 15.2 Å². The highest BCUT2D eigenvalue weighted by atomic mass is 79.9. The van der Waals surface area contributed by atoms with E-state index in [9.17, 15) is 0 Å². The van der Waals surface area contributed by atoms with Gasteiger partial charge >= 0.3 is 0 Å². The van der Waals surface area contributed by atoms with Crippen molar-refractivity contribution in [1.82, 2.24) is 9.78 Å². The number of hydrogen-bond acceptors (Lipinski definition) is 3. The molecule has 18 heavy (non-hydrogen) atoms. The van der Waals surface area contributed by atoms with Crippen molar-refractivity contribution in [2.75, 3.05) is 0 Å². The molecular formula is C13H18BrN3S. The molecule has 2 N–H and O–H groups in total. The van der Waals surface area contributed by atoms with Gasteiger partial charge in [0.1, 0.15) is 0 Å². The van der Waals surface area contributed by atoms with E-state index in [1.807, 2.05) is 11.7 Å². The van der Waals surface area contributed by atoms with Gasteiger partial charge in [-0.25, -0.2) is 0 Å². The monoisotopic (exact) mass is 327 g/mol. The van der Waals surface area contributed by atoms with Gasteiger partial charge < -0.3 is 5.73 Å². The summed E-state index contributed by atoms with van der Waals surface area (Å²) in [6.07, 6.45) is 1.93. The van der Waals surface area contributed by atoms with Gasteiger partial charge in [0.15, 0.2) is 0 Å². The van der Waals surface area contributed by atoms with Crippen LogP contribution >= 0.6 is 27.3 Å². The lowest BCUT2D eigenvalue weighted by Crippen LogP contribution is -2.11. The predicted octanol–water partition coefficient (Wildman–Crippen LogP) is 3.49. The summed E-state index contributed by atoms with van der Waals surface area (Å²) in [5.74, 6) is 0. The Balaban J connectivity index is 2.06. The second-order valence-electron chi connectivity index (χ2n) is 4.59. The highest BCUT2D eigenvalue weighted by molar-refractivity contribution is 9.10. The van der Waals surface area contributed by atoms with E-state index in [1.54, 1.807) is 11.3 Å². The SMILES string of the molecule is Cc1nn(C)c(C)c1CCC(N)c1cscc1Br. The molecular weight excluding hydrogens is 310 g/mol. The minimum atomic E-state index is 0.0876. The van der Waals surface area contributed by atoms with Crippen molar-refractivity contribution < 1.29 is 0 Å². The molecule has 0 aliphatic carbocycles. The van der Waals surface area contributed by atoms with Crippen LogP contribution in [0, 0.1) is 13.8 Å². The van der Waals surface area contributed by atoms with E-state index >= 15 is 0 Å². The van der Waals surface area contributed by atoms with E-state index in [0.717, 1.165) is 23.0 Å². The first-order chi connectivity index (χ1) is 8.50. The molecule has 0 amide bonds. The maximum Gasteiger partial charge on any atom is 0.0628 e. The lowest BCUT2D eigenvalue weighted by molar-refractivity contribution is 0.647. The van der Waals surface area contributed by atoms with Gasteiger partial charge in [-0.3, -0.25) is 4.68 Å². The summed E-state index contributed by atoms with van der Waals surface area (Å²) in [7, 11) is 1.99. The van der Waals surface area contributed by atoms with Crippen LogP contribution in [0.2, 0.25) is 0 Å². The van der Waals surface area contributed by atoms with Gasteiger partial charge in [0.2, 0.25) is 0 Å². The average Bonchev–Trinajstić information content (AvgIpc) is 2.83. The van der Waals surface area contributed by atoms with Crippen molar-refractivity contribution in [3.05, 3.63) is 37.7 Å². The minimum absolute atomic E-state index is 0.0876. The molecule has 0 aliphatic rings. The molecule has 3 nitrogen and oxygen atoms in total. The van der Waals surface area contributed by atoms with Crippen LogP contribution in [0.4, 0.5) is 0 Å². The Morgan fingerprint density at radius 1 is 1.44 bits per heavy atom. The van der Waals surface area contributed by atoms with Gasteiger partial charge in [-0.05, 0) is 59.1 Å². The van der Waals surface area contributed by atoms with Crippen molar-refractivity contribution in [3.63, 3.8) is 0 Å². The third kappa shape index (κ3) is 2.68. The smallest absolute Gasteiger partial charge is 0.0628 e. The van der Waals surface area contributed by atoms with Crippen molar-refractivity contribution in [2.24, 2.45) is 12.8 Å². The van der Waals surface area contributed by atoms with Gasteiger partial charge in [-0.15, -0.1) is 0 Å². The van der Waals surface area contributed by atoms with Crippen LogP contribution in [0.3, 0.4) is 0 Å². The highest BCUT2D eigenvalue weighted by Gasteiger charge is 2.14. The molecule has 2 aromatic rings. The number of nitrogens with zero attached hydrogens (tertiary/aromatic N) is 2. The molecule has 0 aliphatic heterocycles. The molecule has 2 rings (SSSR count). The molecule has 1 atom stereocenters. The summed E-state index contributed by atoms with van der Waals surface area (Å²) in [5.41, 5.74) is 11.1. The fraction of sp³-hybridized carbons (Fsp3) is 0.462. The van der Waals surface area contributed by atoms with Crippen molar-refractivity contribution >= 4 is 27.3 Å². The Morgan fingerprint density at radius 2 is 2.17 bits per heavy atom. The molecule has 0 radical (unpaired) electrons. The zero-order valence-electron chi connectivity index (χ0n) is 10.9. The van der Waals surface area contributed by atoms with E-state index in [0.29, 0.717) is 0 Å². The Hall–Kier alpha value is -0.650. The summed E-state index contributed by atoms with van der Waals surface area (Å²) in [6, 6.07) is 0.0876. The van der Waals surface area contributed by atoms with Gasteiger partial charge in [-0.1, -0.05) is 0 Å². The van der Waals surface area contributed by atoms with E-state index in [1.165, 1.54) is 16.8 Å². The highest BCUT2D eigenvalue weighted by Crippen LogP contribution is 2.29. The first kappa shape index (κ1) is 13.8. The topological polar surface area (TPSA) is 43.8 Å². The Kier molecular flexibility index (Phi) is 4.25. The molecule has 2 heterocycles. The molecule has 0 aromatic carbocycles. The lowest BCUT2D eigenvalue weighted by Gasteiger charge is -2.11. The van der Waals surface area contributed by atoms with E-state index in [4.69, 9.17) is 5.73 Å². The number of hydrogen-bond donors (Lipinski definition) is 1. The third-order valence-corrected chi connectivity index (χ3v) is 5.16. The summed E-state index contributed by atoms with van der Waals surface area (Å²) in [4.78, 5) is 0. The second kappa shape index (κ2) is 5.55. The summed E-state index contributed by atoms with van der Waals surface area (Å²) < 4.78 is 3.07. The molecule has 0 bridgehead atoms. The minimum Gasteiger partial charge on any atom is -0.324 e. The standard InChI is InChI=1S/C13H18BrN3S/c1-8-10(9(2)17(3)16-8)4-5-13(15)11-6-18-7-12(11)14/h6-7,13H,4-5,15H2,1-3H3. The fourth-order valence-electron chi connectivity index (χ4n) is 2.19. The largest absolute Gasteiger partial charge is 0.324 e. The van der Waals surface area contributed by atoms with Gasteiger partial charge in [0, 0.05) is 28.6 Å². The van der Waals surface area contributed by atoms with Gasteiger partial charge in [-0.2, -0.15) is 16.4 Å². The quantitative estimate of drug-likeness (QED) is 0.934. The van der Waals surface area contributed by atoms with Crippen LogP contribution in [0.5, 0.6) is 0 Å². The number of thiophene rings is 1. The molecule has 1 unspecified atom stereocenters. The number of aryl methyl sites for hydroxylation is 2. The number of rotatable bonds is 4. The van der Waals surface area contributed by atoms with Crippen LogP contribution in [0.25, 0.3) is 0 Å². The predicted molar refractivity (Wildman–Crippen MR) is 80.0 cm³/mol. The van der Waals surface area contributed by atoms with Crippen molar-refractivity contribution in [1.29, 1.82) is 0 Å². The van der Waals surface area contributed by atoms with Crippen molar-refractivity contribution in [3.8, 4) is 0 Å². The maximum atomic E-state index is 6.24. The molecule has 5 heteroatoms. The molecule has 98 valence electrons. The number of aromatic nitrogens is 2. The maximum absolute atomic E-state index is 6.24. The number of nitrogens with two attached hydrogens (primary N) is 1. The van der Waals surface area contributed by atoms with Crippen LogP contribution in [0.1, 0.15) is 35.0 Å². The summed E-state index contributed by atoms with van der Waals surface area (Å²) in [6.45, 7) is 4.18. The molecule has 0 saturated heterocycles. The second-order valence-corrected chi connectivity index (χ2v) is 6.19. The zero-order valence-corrected chi connectivity index (χ0v) is 13.3. The van der Waals surface area contributed by atoms with Gasteiger partial charge in [0.05, 0.1) is 5.69 Å². The Labute approximate surface area is 120 Å². The molecule has 0 fully saturated rings. The molecule has 2 aromatic heterocycles. The van der Waals surface area contributed by atoms with E-state index in [2.05, 4.69) is 45.6 Å². The normalized spacial score (nSPS) is 12.9. The zero-order chi connectivity index (χ0) is 13.3. The van der Waals surface area contributed by atoms with Crippen molar-refractivity contribution in [2.45, 2.75) is 32.7 Å². The Morgan fingerprint density at radius 3 is 2.67 bits per heavy atom. The molecule has 0 saturated carbocycles. The Bertz CT molecular complexity index is 544. The van der Waals surface area contributed by atoms with Gasteiger partial charge in [0.25, 0.3) is 0 Å². The van der Waals surface area contributed by atoms with E-state index in [-0.39, 0.29) is 6.04 Å². The fourth-order valence-corrected chi connectivity index (χ4v) is 3.85.